The molecule has 1 aliphatic carbocycles. The highest BCUT2D eigenvalue weighted by Crippen LogP contribution is 2.42. The lowest BCUT2D eigenvalue weighted by atomic mass is 9.66. The molecule has 144 valence electrons. The monoisotopic (exact) mass is 356 g/mol. The Bertz CT molecular complexity index is 493. The van der Waals surface area contributed by atoms with Crippen LogP contribution in [0.25, 0.3) is 0 Å². The minimum absolute atomic E-state index is 0.0132. The Labute approximate surface area is 150 Å². The number of esters is 2. The quantitative estimate of drug-likeness (QED) is 0.555. The zero-order valence-corrected chi connectivity index (χ0v) is 16.1. The third kappa shape index (κ3) is 5.19. The van der Waals surface area contributed by atoms with Gasteiger partial charge in [0.1, 0.15) is 13.2 Å². The number of carbonyl (C=O) groups is 3. The molecule has 6 heteroatoms. The average molecular weight is 356 g/mol. The summed E-state index contributed by atoms with van der Waals surface area (Å²) in [4.78, 5) is 35.8. The van der Waals surface area contributed by atoms with Gasteiger partial charge in [-0.15, -0.1) is 0 Å². The van der Waals surface area contributed by atoms with Crippen molar-refractivity contribution in [3.63, 3.8) is 0 Å². The molecule has 3 unspecified atom stereocenters. The second-order valence-electron chi connectivity index (χ2n) is 8.07. The van der Waals surface area contributed by atoms with Crippen LogP contribution < -0.4 is 0 Å². The molecule has 0 amide bonds. The molecule has 0 saturated heterocycles. The van der Waals surface area contributed by atoms with E-state index in [9.17, 15) is 19.5 Å². The molecule has 1 saturated carbocycles. The lowest BCUT2D eigenvalue weighted by Gasteiger charge is -2.38. The summed E-state index contributed by atoms with van der Waals surface area (Å²) in [6, 6.07) is 0. The minimum Gasteiger partial charge on any atom is -0.481 e. The van der Waals surface area contributed by atoms with Gasteiger partial charge in [-0.2, -0.15) is 0 Å². The van der Waals surface area contributed by atoms with Crippen molar-refractivity contribution in [3.05, 3.63) is 0 Å². The van der Waals surface area contributed by atoms with Crippen molar-refractivity contribution in [2.45, 2.75) is 66.7 Å². The molecule has 6 nitrogen and oxygen atoms in total. The predicted molar refractivity (Wildman–Crippen MR) is 92.9 cm³/mol. The first-order valence-electron chi connectivity index (χ1n) is 9.11. The fourth-order valence-corrected chi connectivity index (χ4v) is 3.23. The number of carboxylic acid groups (broad SMARTS) is 1. The van der Waals surface area contributed by atoms with E-state index in [1.165, 1.54) is 0 Å². The van der Waals surface area contributed by atoms with E-state index in [0.717, 1.165) is 12.8 Å². The van der Waals surface area contributed by atoms with Crippen LogP contribution in [0.3, 0.4) is 0 Å². The third-order valence-electron chi connectivity index (χ3n) is 5.76. The molecule has 25 heavy (non-hydrogen) atoms. The Morgan fingerprint density at radius 2 is 1.48 bits per heavy atom. The molecule has 3 atom stereocenters. The van der Waals surface area contributed by atoms with Gasteiger partial charge in [0, 0.05) is 0 Å². The van der Waals surface area contributed by atoms with E-state index >= 15 is 0 Å². The molecule has 0 radical (unpaired) electrons. The summed E-state index contributed by atoms with van der Waals surface area (Å²) < 4.78 is 10.5. The van der Waals surface area contributed by atoms with Crippen LogP contribution in [-0.4, -0.2) is 36.2 Å². The molecule has 0 aliphatic heterocycles. The molecule has 1 fully saturated rings. The van der Waals surface area contributed by atoms with Crippen molar-refractivity contribution in [1.29, 1.82) is 0 Å². The molecule has 1 rings (SSSR count). The molecule has 0 aromatic rings. The second-order valence-corrected chi connectivity index (χ2v) is 8.07. The highest BCUT2D eigenvalue weighted by Gasteiger charge is 2.44. The number of rotatable bonds is 7. The van der Waals surface area contributed by atoms with Gasteiger partial charge in [-0.25, -0.2) is 0 Å². The summed E-state index contributed by atoms with van der Waals surface area (Å²) in [7, 11) is 0. The Kier molecular flexibility index (Phi) is 7.44. The van der Waals surface area contributed by atoms with Crippen molar-refractivity contribution in [3.8, 4) is 0 Å². The van der Waals surface area contributed by atoms with Crippen LogP contribution in [-0.2, 0) is 23.9 Å². The summed E-state index contributed by atoms with van der Waals surface area (Å²) in [6.45, 7) is 9.74. The Balaban J connectivity index is 2.48. The summed E-state index contributed by atoms with van der Waals surface area (Å²) in [5.74, 6) is -3.03. The van der Waals surface area contributed by atoms with E-state index in [1.54, 1.807) is 0 Å². The standard InChI is InChI=1S/C19H32O6/c1-6-19(5,18(2,3)4)17(23)25-12-11-24-16(22)14-10-8-7-9-13(14)15(20)21/h13-14H,6-12H2,1-5H3,(H,20,21). The maximum absolute atomic E-state index is 12.4. The predicted octanol–water partition coefficient (Wildman–Crippen LogP) is 3.43. The topological polar surface area (TPSA) is 89.9 Å². The molecular weight excluding hydrogens is 324 g/mol. The first-order valence-corrected chi connectivity index (χ1v) is 9.11. The zero-order chi connectivity index (χ0) is 19.3. The van der Waals surface area contributed by atoms with E-state index in [1.807, 2.05) is 34.6 Å². The van der Waals surface area contributed by atoms with E-state index in [4.69, 9.17) is 9.47 Å². The van der Waals surface area contributed by atoms with Crippen LogP contribution in [0.4, 0.5) is 0 Å². The number of hydrogen-bond acceptors (Lipinski definition) is 5. The summed E-state index contributed by atoms with van der Waals surface area (Å²) in [6.07, 6.45) is 3.34. The minimum atomic E-state index is -0.947. The molecule has 1 N–H and O–H groups in total. The molecular formula is C19H32O6. The number of carbonyl (C=O) groups excluding carboxylic acids is 2. The highest BCUT2D eigenvalue weighted by molar-refractivity contribution is 5.81. The summed E-state index contributed by atoms with van der Waals surface area (Å²) in [5, 5.41) is 9.22. The van der Waals surface area contributed by atoms with Gasteiger partial charge < -0.3 is 14.6 Å². The Hall–Kier alpha value is -1.59. The smallest absolute Gasteiger partial charge is 0.312 e. The van der Waals surface area contributed by atoms with Gasteiger partial charge in [-0.3, -0.25) is 14.4 Å². The van der Waals surface area contributed by atoms with Gasteiger partial charge in [0.05, 0.1) is 17.3 Å². The van der Waals surface area contributed by atoms with Crippen LogP contribution in [0.2, 0.25) is 0 Å². The van der Waals surface area contributed by atoms with Crippen molar-refractivity contribution in [2.75, 3.05) is 13.2 Å². The van der Waals surface area contributed by atoms with Crippen LogP contribution in [0.5, 0.6) is 0 Å². The summed E-state index contributed by atoms with van der Waals surface area (Å²) in [5.41, 5.74) is -0.860. The van der Waals surface area contributed by atoms with Crippen molar-refractivity contribution >= 4 is 17.9 Å². The van der Waals surface area contributed by atoms with Crippen LogP contribution >= 0.6 is 0 Å². The number of aliphatic carboxylic acids is 1. The molecule has 1 aliphatic rings. The lowest BCUT2D eigenvalue weighted by molar-refractivity contribution is -0.168. The maximum atomic E-state index is 12.4. The van der Waals surface area contributed by atoms with Crippen LogP contribution in [0.15, 0.2) is 0 Å². The largest absolute Gasteiger partial charge is 0.481 e. The highest BCUT2D eigenvalue weighted by atomic mass is 16.6. The Morgan fingerprint density at radius 3 is 1.96 bits per heavy atom. The van der Waals surface area contributed by atoms with Gasteiger partial charge in [-0.1, -0.05) is 40.5 Å². The number of carboxylic acids is 1. The van der Waals surface area contributed by atoms with Crippen molar-refractivity contribution in [2.24, 2.45) is 22.7 Å². The second kappa shape index (κ2) is 8.68. The zero-order valence-electron chi connectivity index (χ0n) is 16.1. The van der Waals surface area contributed by atoms with Gasteiger partial charge in [0.25, 0.3) is 0 Å². The summed E-state index contributed by atoms with van der Waals surface area (Å²) >= 11 is 0. The molecule has 0 spiro atoms. The van der Waals surface area contributed by atoms with Gasteiger partial charge >= 0.3 is 17.9 Å². The first-order chi connectivity index (χ1) is 11.5. The first kappa shape index (κ1) is 21.5. The van der Waals surface area contributed by atoms with Crippen LogP contribution in [0.1, 0.15) is 66.7 Å². The van der Waals surface area contributed by atoms with Gasteiger partial charge in [-0.05, 0) is 31.6 Å². The van der Waals surface area contributed by atoms with Crippen molar-refractivity contribution in [1.82, 2.24) is 0 Å². The molecule has 0 heterocycles. The van der Waals surface area contributed by atoms with Gasteiger partial charge in [0.15, 0.2) is 0 Å². The van der Waals surface area contributed by atoms with Crippen molar-refractivity contribution < 1.29 is 29.0 Å². The molecule has 0 aromatic heterocycles. The fourth-order valence-electron chi connectivity index (χ4n) is 3.23. The maximum Gasteiger partial charge on any atom is 0.312 e. The normalized spacial score (nSPS) is 23.4. The van der Waals surface area contributed by atoms with Gasteiger partial charge in [0.2, 0.25) is 0 Å². The number of hydrogen-bond donors (Lipinski definition) is 1. The van der Waals surface area contributed by atoms with E-state index in [-0.39, 0.29) is 24.6 Å². The SMILES string of the molecule is CCC(C)(C(=O)OCCOC(=O)C1CCCCC1C(=O)O)C(C)(C)C. The lowest BCUT2D eigenvalue weighted by Crippen LogP contribution is -2.41. The molecule has 0 aromatic carbocycles. The average Bonchev–Trinajstić information content (AvgIpc) is 2.56. The number of ether oxygens (including phenoxy) is 2. The fraction of sp³-hybridized carbons (Fsp3) is 0.842. The molecule has 0 bridgehead atoms. The Morgan fingerprint density at radius 1 is 0.960 bits per heavy atom. The van der Waals surface area contributed by atoms with E-state index < -0.39 is 29.2 Å². The van der Waals surface area contributed by atoms with E-state index in [2.05, 4.69) is 0 Å². The van der Waals surface area contributed by atoms with Crippen LogP contribution in [0, 0.1) is 22.7 Å². The third-order valence-corrected chi connectivity index (χ3v) is 5.76. The van der Waals surface area contributed by atoms with E-state index in [0.29, 0.717) is 19.3 Å².